The number of benzene rings is 2. The maximum absolute atomic E-state index is 12.5. The third-order valence-electron chi connectivity index (χ3n) is 3.91. The molecule has 0 unspecified atom stereocenters. The van der Waals surface area contributed by atoms with E-state index >= 15 is 0 Å². The van der Waals surface area contributed by atoms with Crippen molar-refractivity contribution in [2.75, 3.05) is 36.5 Å². The third kappa shape index (κ3) is 5.27. The number of amides is 1. The number of hydrogen-bond acceptors (Lipinski definition) is 4. The first-order chi connectivity index (χ1) is 12.8. The number of halogens is 4. The van der Waals surface area contributed by atoms with Crippen LogP contribution < -0.4 is 15.0 Å². The van der Waals surface area contributed by atoms with Gasteiger partial charge >= 0.3 is 6.36 Å². The summed E-state index contributed by atoms with van der Waals surface area (Å²) in [5.74, 6) is -0.860. The summed E-state index contributed by atoms with van der Waals surface area (Å²) in [7, 11) is 0. The summed E-state index contributed by atoms with van der Waals surface area (Å²) in [4.78, 5) is 14.6. The van der Waals surface area contributed by atoms with Crippen LogP contribution in [-0.4, -0.2) is 38.6 Å². The first-order valence-corrected chi connectivity index (χ1v) is 8.49. The minimum atomic E-state index is -4.78. The molecule has 1 fully saturated rings. The van der Waals surface area contributed by atoms with Crippen molar-refractivity contribution in [3.05, 3.63) is 53.1 Å². The van der Waals surface area contributed by atoms with E-state index in [0.717, 1.165) is 17.8 Å². The lowest BCUT2D eigenvalue weighted by Gasteiger charge is -2.30. The molecule has 0 aromatic heterocycles. The van der Waals surface area contributed by atoms with E-state index in [2.05, 4.69) is 15.0 Å². The molecule has 1 aliphatic rings. The highest BCUT2D eigenvalue weighted by Crippen LogP contribution is 2.30. The highest BCUT2D eigenvalue weighted by Gasteiger charge is 2.31. The molecular weight excluding hydrogens is 385 g/mol. The van der Waals surface area contributed by atoms with Gasteiger partial charge in [0, 0.05) is 23.7 Å². The fourth-order valence-corrected chi connectivity index (χ4v) is 2.86. The normalized spacial score (nSPS) is 14.7. The summed E-state index contributed by atoms with van der Waals surface area (Å²) < 4.78 is 45.8. The molecule has 0 spiro atoms. The third-order valence-corrected chi connectivity index (χ3v) is 4.14. The van der Waals surface area contributed by atoms with Gasteiger partial charge in [0.1, 0.15) is 5.75 Å². The fourth-order valence-electron chi connectivity index (χ4n) is 2.69. The van der Waals surface area contributed by atoms with Crippen molar-refractivity contribution in [3.63, 3.8) is 0 Å². The van der Waals surface area contributed by atoms with Gasteiger partial charge in [0.15, 0.2) is 0 Å². The van der Waals surface area contributed by atoms with Gasteiger partial charge in [-0.15, -0.1) is 13.2 Å². The van der Waals surface area contributed by atoms with Crippen LogP contribution in [0.1, 0.15) is 10.4 Å². The van der Waals surface area contributed by atoms with Crippen LogP contribution in [0.3, 0.4) is 0 Å². The second-order valence-corrected chi connectivity index (χ2v) is 6.22. The molecule has 27 heavy (non-hydrogen) atoms. The molecule has 2 aromatic carbocycles. The van der Waals surface area contributed by atoms with Gasteiger partial charge in [0.25, 0.3) is 5.91 Å². The lowest BCUT2D eigenvalue weighted by atomic mass is 10.1. The van der Waals surface area contributed by atoms with Gasteiger partial charge in [0.05, 0.1) is 24.6 Å². The molecule has 1 amide bonds. The van der Waals surface area contributed by atoms with Crippen molar-refractivity contribution < 1.29 is 27.4 Å². The number of alkyl halides is 3. The SMILES string of the molecule is O=C(Nc1cc(Cl)ccc1N1CCOCC1)c1ccc(OC(F)(F)F)cc1. The highest BCUT2D eigenvalue weighted by molar-refractivity contribution is 6.31. The first-order valence-electron chi connectivity index (χ1n) is 8.11. The molecule has 144 valence electrons. The zero-order valence-electron chi connectivity index (χ0n) is 14.1. The Morgan fingerprint density at radius 3 is 2.41 bits per heavy atom. The Kier molecular flexibility index (Phi) is 5.76. The Bertz CT molecular complexity index is 806. The Labute approximate surface area is 158 Å². The van der Waals surface area contributed by atoms with Gasteiger partial charge in [-0.25, -0.2) is 0 Å². The van der Waals surface area contributed by atoms with Crippen LogP contribution in [0.4, 0.5) is 24.5 Å². The number of anilines is 2. The van der Waals surface area contributed by atoms with Crippen LogP contribution in [0.25, 0.3) is 0 Å². The molecule has 1 saturated heterocycles. The number of carbonyl (C=O) groups excluding carboxylic acids is 1. The summed E-state index contributed by atoms with van der Waals surface area (Å²) >= 11 is 6.05. The van der Waals surface area contributed by atoms with E-state index in [1.165, 1.54) is 12.1 Å². The molecule has 0 aliphatic carbocycles. The quantitative estimate of drug-likeness (QED) is 0.830. The van der Waals surface area contributed by atoms with Crippen LogP contribution in [-0.2, 0) is 4.74 Å². The minimum absolute atomic E-state index is 0.192. The lowest BCUT2D eigenvalue weighted by Crippen LogP contribution is -2.36. The number of nitrogens with zero attached hydrogens (tertiary/aromatic N) is 1. The van der Waals surface area contributed by atoms with Crippen molar-refractivity contribution >= 4 is 28.9 Å². The molecule has 0 radical (unpaired) electrons. The van der Waals surface area contributed by atoms with Crippen molar-refractivity contribution in [1.29, 1.82) is 0 Å². The summed E-state index contributed by atoms with van der Waals surface area (Å²) in [6, 6.07) is 9.86. The summed E-state index contributed by atoms with van der Waals surface area (Å²) in [5.41, 5.74) is 1.51. The lowest BCUT2D eigenvalue weighted by molar-refractivity contribution is -0.274. The second-order valence-electron chi connectivity index (χ2n) is 5.79. The van der Waals surface area contributed by atoms with E-state index < -0.39 is 18.0 Å². The van der Waals surface area contributed by atoms with Crippen LogP contribution in [0.15, 0.2) is 42.5 Å². The number of rotatable bonds is 4. The number of nitrogens with one attached hydrogen (secondary N) is 1. The smallest absolute Gasteiger partial charge is 0.406 e. The van der Waals surface area contributed by atoms with Gasteiger partial charge in [-0.2, -0.15) is 0 Å². The summed E-state index contributed by atoms with van der Waals surface area (Å²) in [6.45, 7) is 2.51. The molecule has 2 aromatic rings. The van der Waals surface area contributed by atoms with Crippen molar-refractivity contribution in [3.8, 4) is 5.75 Å². The molecule has 1 aliphatic heterocycles. The Morgan fingerprint density at radius 2 is 1.78 bits per heavy atom. The van der Waals surface area contributed by atoms with Gasteiger partial charge in [0.2, 0.25) is 0 Å². The van der Waals surface area contributed by atoms with Crippen molar-refractivity contribution in [2.45, 2.75) is 6.36 Å². The standard InChI is InChI=1S/C18H16ClF3N2O3/c19-13-3-6-16(24-7-9-26-10-8-24)15(11-13)23-17(25)12-1-4-14(5-2-12)27-18(20,21)22/h1-6,11H,7-10H2,(H,23,25). The van der Waals surface area contributed by atoms with E-state index in [1.54, 1.807) is 12.1 Å². The fraction of sp³-hybridized carbons (Fsp3) is 0.278. The average molecular weight is 401 g/mol. The molecule has 0 bridgehead atoms. The molecular formula is C18H16ClF3N2O3. The first kappa shape index (κ1) is 19.3. The monoisotopic (exact) mass is 400 g/mol. The van der Waals surface area contributed by atoms with Gasteiger partial charge < -0.3 is 19.7 Å². The van der Waals surface area contributed by atoms with E-state index in [-0.39, 0.29) is 5.56 Å². The van der Waals surface area contributed by atoms with E-state index in [1.807, 2.05) is 6.07 Å². The summed E-state index contributed by atoms with van der Waals surface area (Å²) in [5, 5.41) is 3.22. The number of hydrogen-bond donors (Lipinski definition) is 1. The Balaban J connectivity index is 1.76. The molecule has 1 heterocycles. The van der Waals surface area contributed by atoms with E-state index in [9.17, 15) is 18.0 Å². The molecule has 5 nitrogen and oxygen atoms in total. The van der Waals surface area contributed by atoms with E-state index in [4.69, 9.17) is 16.3 Å². The minimum Gasteiger partial charge on any atom is -0.406 e. The average Bonchev–Trinajstić information content (AvgIpc) is 2.62. The van der Waals surface area contributed by atoms with Gasteiger partial charge in [-0.1, -0.05) is 11.6 Å². The van der Waals surface area contributed by atoms with Crippen LogP contribution >= 0.6 is 11.6 Å². The van der Waals surface area contributed by atoms with Crippen molar-refractivity contribution in [1.82, 2.24) is 0 Å². The maximum atomic E-state index is 12.5. The maximum Gasteiger partial charge on any atom is 0.573 e. The second kappa shape index (κ2) is 8.06. The Morgan fingerprint density at radius 1 is 1.11 bits per heavy atom. The molecule has 1 N–H and O–H groups in total. The predicted octanol–water partition coefficient (Wildman–Crippen LogP) is 4.33. The molecule has 3 rings (SSSR count). The van der Waals surface area contributed by atoms with Crippen LogP contribution in [0.5, 0.6) is 5.75 Å². The number of carbonyl (C=O) groups is 1. The molecule has 9 heteroatoms. The number of morpholine rings is 1. The topological polar surface area (TPSA) is 50.8 Å². The molecule has 0 atom stereocenters. The largest absolute Gasteiger partial charge is 0.573 e. The van der Waals surface area contributed by atoms with Crippen LogP contribution in [0, 0.1) is 0 Å². The number of ether oxygens (including phenoxy) is 2. The Hall–Kier alpha value is -2.45. The zero-order chi connectivity index (χ0) is 19.4. The molecule has 0 saturated carbocycles. The highest BCUT2D eigenvalue weighted by atomic mass is 35.5. The van der Waals surface area contributed by atoms with E-state index in [0.29, 0.717) is 37.0 Å². The summed E-state index contributed by atoms with van der Waals surface area (Å²) in [6.07, 6.45) is -4.78. The van der Waals surface area contributed by atoms with Gasteiger partial charge in [-0.05, 0) is 42.5 Å². The zero-order valence-corrected chi connectivity index (χ0v) is 14.8. The predicted molar refractivity (Wildman–Crippen MR) is 95.6 cm³/mol. The van der Waals surface area contributed by atoms with Crippen LogP contribution in [0.2, 0.25) is 5.02 Å². The van der Waals surface area contributed by atoms with Crippen molar-refractivity contribution in [2.24, 2.45) is 0 Å². The van der Waals surface area contributed by atoms with Gasteiger partial charge in [-0.3, -0.25) is 4.79 Å².